The van der Waals surface area contributed by atoms with Crippen molar-refractivity contribution in [1.29, 1.82) is 5.26 Å². The van der Waals surface area contributed by atoms with Crippen molar-refractivity contribution in [1.82, 2.24) is 4.57 Å². The number of rotatable bonds is 4. The highest BCUT2D eigenvalue weighted by molar-refractivity contribution is 14.1. The van der Waals surface area contributed by atoms with Gasteiger partial charge in [0.15, 0.2) is 5.69 Å². The van der Waals surface area contributed by atoms with Crippen LogP contribution in [-0.2, 0) is 6.54 Å². The molecule has 124 valence electrons. The van der Waals surface area contributed by atoms with Crippen molar-refractivity contribution >= 4 is 34.0 Å². The molecule has 0 aliphatic carbocycles. The molecule has 8 heteroatoms. The average molecular weight is 438 g/mol. The first-order valence-corrected chi connectivity index (χ1v) is 8.13. The summed E-state index contributed by atoms with van der Waals surface area (Å²) in [5, 5.41) is 36.3. The number of aryl methyl sites for hydroxylation is 1. The summed E-state index contributed by atoms with van der Waals surface area (Å²) in [5.41, 5.74) is 1.16. The second-order valence-corrected chi connectivity index (χ2v) is 6.26. The minimum absolute atomic E-state index is 0.0333. The summed E-state index contributed by atoms with van der Waals surface area (Å²) < 4.78 is 2.00. The van der Waals surface area contributed by atoms with Gasteiger partial charge in [0.05, 0.1) is 18.8 Å². The van der Waals surface area contributed by atoms with Crippen molar-refractivity contribution < 1.29 is 10.2 Å². The number of aliphatic hydroxyl groups is 1. The standard InChI is InChI=1S/C16H15IN4O3/c1-9-7-11(3-4-13(9)17)19-20-14-10(2)12(8-18)15(23)21(5-6-22)16(14)24/h3-4,7,22-23H,5-6H2,1-2H3. The first-order chi connectivity index (χ1) is 11.4. The van der Waals surface area contributed by atoms with Crippen LogP contribution in [-0.4, -0.2) is 21.4 Å². The molecule has 24 heavy (non-hydrogen) atoms. The normalized spacial score (nSPS) is 11.0. The Kier molecular flexibility index (Phi) is 5.69. The van der Waals surface area contributed by atoms with E-state index < -0.39 is 11.4 Å². The Morgan fingerprint density at radius 1 is 1.33 bits per heavy atom. The molecule has 7 nitrogen and oxygen atoms in total. The van der Waals surface area contributed by atoms with E-state index in [1.54, 1.807) is 6.07 Å². The Morgan fingerprint density at radius 2 is 2.04 bits per heavy atom. The van der Waals surface area contributed by atoms with Gasteiger partial charge in [0.1, 0.15) is 11.6 Å². The van der Waals surface area contributed by atoms with Crippen molar-refractivity contribution in [3.8, 4) is 11.9 Å². The van der Waals surface area contributed by atoms with Gasteiger partial charge in [-0.05, 0) is 60.2 Å². The van der Waals surface area contributed by atoms with Gasteiger partial charge in [-0.2, -0.15) is 10.4 Å². The van der Waals surface area contributed by atoms with Gasteiger partial charge in [0.25, 0.3) is 5.56 Å². The summed E-state index contributed by atoms with van der Waals surface area (Å²) in [5.74, 6) is -0.474. The Balaban J connectivity index is 2.59. The summed E-state index contributed by atoms with van der Waals surface area (Å²) in [4.78, 5) is 12.4. The fourth-order valence-corrected chi connectivity index (χ4v) is 2.50. The summed E-state index contributed by atoms with van der Waals surface area (Å²) in [6.45, 7) is 2.98. The second kappa shape index (κ2) is 7.55. The van der Waals surface area contributed by atoms with Crippen molar-refractivity contribution in [3.05, 3.63) is 48.8 Å². The lowest BCUT2D eigenvalue weighted by Gasteiger charge is -2.11. The van der Waals surface area contributed by atoms with Crippen LogP contribution in [0, 0.1) is 28.7 Å². The largest absolute Gasteiger partial charge is 0.493 e. The number of aromatic hydroxyl groups is 1. The zero-order valence-corrected chi connectivity index (χ0v) is 15.3. The van der Waals surface area contributed by atoms with Gasteiger partial charge in [-0.3, -0.25) is 9.36 Å². The molecule has 0 aliphatic rings. The van der Waals surface area contributed by atoms with Gasteiger partial charge >= 0.3 is 0 Å². The second-order valence-electron chi connectivity index (χ2n) is 5.10. The maximum Gasteiger partial charge on any atom is 0.281 e. The van der Waals surface area contributed by atoms with Crippen LogP contribution in [0.15, 0.2) is 33.2 Å². The Morgan fingerprint density at radius 3 is 2.62 bits per heavy atom. The lowest BCUT2D eigenvalue weighted by molar-refractivity contribution is 0.263. The summed E-state index contributed by atoms with van der Waals surface area (Å²) in [6, 6.07) is 7.34. The van der Waals surface area contributed by atoms with E-state index >= 15 is 0 Å². The molecular formula is C16H15IN4O3. The number of nitriles is 1. The maximum absolute atomic E-state index is 12.4. The number of hydrogen-bond acceptors (Lipinski definition) is 6. The minimum Gasteiger partial charge on any atom is -0.493 e. The number of nitrogens with zero attached hydrogens (tertiary/aromatic N) is 4. The molecule has 0 saturated carbocycles. The summed E-state index contributed by atoms with van der Waals surface area (Å²) in [6.07, 6.45) is 0. The van der Waals surface area contributed by atoms with Crippen molar-refractivity contribution in [2.24, 2.45) is 10.2 Å². The quantitative estimate of drug-likeness (QED) is 0.565. The Hall–Kier alpha value is -2.25. The van der Waals surface area contributed by atoms with E-state index in [-0.39, 0.29) is 30.0 Å². The van der Waals surface area contributed by atoms with Gasteiger partial charge in [0.2, 0.25) is 5.88 Å². The lowest BCUT2D eigenvalue weighted by atomic mass is 10.1. The van der Waals surface area contributed by atoms with Crippen molar-refractivity contribution in [2.75, 3.05) is 6.61 Å². The molecule has 0 amide bonds. The van der Waals surface area contributed by atoms with Crippen molar-refractivity contribution in [2.45, 2.75) is 20.4 Å². The first kappa shape index (κ1) is 18.1. The molecule has 1 aromatic heterocycles. The zero-order chi connectivity index (χ0) is 17.9. The van der Waals surface area contributed by atoms with Gasteiger partial charge in [-0.15, -0.1) is 5.11 Å². The van der Waals surface area contributed by atoms with E-state index in [0.29, 0.717) is 5.69 Å². The van der Waals surface area contributed by atoms with Crippen LogP contribution in [0.25, 0.3) is 0 Å². The predicted octanol–water partition coefficient (Wildman–Crippen LogP) is 3.05. The molecule has 1 aromatic carbocycles. The molecule has 0 fully saturated rings. The number of aliphatic hydroxyl groups excluding tert-OH is 1. The average Bonchev–Trinajstić information content (AvgIpc) is 2.55. The Bertz CT molecular complexity index is 913. The monoisotopic (exact) mass is 438 g/mol. The van der Waals surface area contributed by atoms with Crippen LogP contribution in [0.2, 0.25) is 0 Å². The van der Waals surface area contributed by atoms with Crippen LogP contribution < -0.4 is 5.56 Å². The maximum atomic E-state index is 12.4. The van der Waals surface area contributed by atoms with Gasteiger partial charge in [-0.1, -0.05) is 0 Å². The molecule has 0 bridgehead atoms. The van der Waals surface area contributed by atoms with E-state index in [0.717, 1.165) is 13.7 Å². The van der Waals surface area contributed by atoms with Gasteiger partial charge in [-0.25, -0.2) is 0 Å². The number of halogens is 1. The van der Waals surface area contributed by atoms with Gasteiger partial charge < -0.3 is 10.2 Å². The molecule has 2 rings (SSSR count). The number of pyridine rings is 1. The number of azo groups is 1. The summed E-state index contributed by atoms with van der Waals surface area (Å²) in [7, 11) is 0. The van der Waals surface area contributed by atoms with E-state index in [2.05, 4.69) is 32.8 Å². The van der Waals surface area contributed by atoms with Crippen LogP contribution in [0.4, 0.5) is 11.4 Å². The number of benzene rings is 1. The first-order valence-electron chi connectivity index (χ1n) is 7.06. The van der Waals surface area contributed by atoms with Gasteiger partial charge in [0, 0.05) is 9.13 Å². The highest BCUT2D eigenvalue weighted by Gasteiger charge is 2.18. The molecule has 0 saturated heterocycles. The van der Waals surface area contributed by atoms with E-state index in [1.807, 2.05) is 25.1 Å². The molecule has 0 aliphatic heterocycles. The molecule has 2 aromatic rings. The third kappa shape index (κ3) is 3.47. The predicted molar refractivity (Wildman–Crippen MR) is 97.0 cm³/mol. The topological polar surface area (TPSA) is 111 Å². The van der Waals surface area contributed by atoms with Crippen LogP contribution in [0.1, 0.15) is 16.7 Å². The third-order valence-corrected chi connectivity index (χ3v) is 4.71. The number of hydrogen-bond donors (Lipinski definition) is 2. The molecule has 1 heterocycles. The van der Waals surface area contributed by atoms with Crippen LogP contribution >= 0.6 is 22.6 Å². The van der Waals surface area contributed by atoms with Crippen LogP contribution in [0.5, 0.6) is 5.88 Å². The zero-order valence-electron chi connectivity index (χ0n) is 13.1. The highest BCUT2D eigenvalue weighted by atomic mass is 127. The van der Waals surface area contributed by atoms with Crippen LogP contribution in [0.3, 0.4) is 0 Å². The number of aromatic nitrogens is 1. The van der Waals surface area contributed by atoms with E-state index in [9.17, 15) is 15.2 Å². The lowest BCUT2D eigenvalue weighted by Crippen LogP contribution is -2.23. The van der Waals surface area contributed by atoms with Crippen molar-refractivity contribution in [3.63, 3.8) is 0 Å². The highest BCUT2D eigenvalue weighted by Crippen LogP contribution is 2.27. The van der Waals surface area contributed by atoms with E-state index in [4.69, 9.17) is 5.11 Å². The summed E-state index contributed by atoms with van der Waals surface area (Å²) >= 11 is 2.20. The van der Waals surface area contributed by atoms with E-state index in [1.165, 1.54) is 6.92 Å². The molecule has 0 unspecified atom stereocenters. The third-order valence-electron chi connectivity index (χ3n) is 3.50. The smallest absolute Gasteiger partial charge is 0.281 e. The fourth-order valence-electron chi connectivity index (χ4n) is 2.16. The SMILES string of the molecule is Cc1cc(N=Nc2c(C)c(C#N)c(O)n(CCO)c2=O)ccc1I. The molecule has 0 spiro atoms. The molecule has 0 atom stereocenters. The molecule has 0 radical (unpaired) electrons. The molecule has 2 N–H and O–H groups in total. The minimum atomic E-state index is -0.607. The fraction of sp³-hybridized carbons (Fsp3) is 0.250. The Labute approximate surface area is 152 Å². The molecular weight excluding hydrogens is 423 g/mol.